The Kier molecular flexibility index (Phi) is 20.9. The molecule has 2 aromatic rings. The highest BCUT2D eigenvalue weighted by atomic mass is 32.2. The first-order chi connectivity index (χ1) is 31.7. The highest BCUT2D eigenvalue weighted by molar-refractivity contribution is 7.89. The van der Waals surface area contributed by atoms with E-state index in [2.05, 4.69) is 5.32 Å². The van der Waals surface area contributed by atoms with E-state index in [1.165, 1.54) is 0 Å². The number of unbranched alkanes of at least 4 members (excludes halogenated alkanes) is 1. The summed E-state index contributed by atoms with van der Waals surface area (Å²) in [5, 5.41) is 14.2. The number of benzene rings is 2. The first-order valence-electron chi connectivity index (χ1n) is 21.7. The number of carbonyl (C=O) groups excluding carboxylic acids is 6. The molecule has 67 heavy (non-hydrogen) atoms. The van der Waals surface area contributed by atoms with Crippen molar-refractivity contribution in [2.24, 2.45) is 5.92 Å². The SMILES string of the molecule is CC(=O)OCC1OC(OCCCCC(=O)O[C@H](CN(CC(C)C)S(=O)(=O)c2ccc([N+](=O)[O-])cc2)[C@H](Cc2ccccc2)NC(=O)O[C@H]2CCOC2)C(OC(C)=O)[C@@H](OC(C)=O)[C@@H]1OC(C)=O. The average molecular weight is 966 g/mol. The van der Waals surface area contributed by atoms with E-state index in [1.54, 1.807) is 44.2 Å². The molecule has 22 nitrogen and oxygen atoms in total. The van der Waals surface area contributed by atoms with Crippen LogP contribution in [0.15, 0.2) is 59.5 Å². The lowest BCUT2D eigenvalue weighted by atomic mass is 9.98. The number of non-ortho nitro benzene ring substituents is 1. The van der Waals surface area contributed by atoms with Crippen LogP contribution in [0.25, 0.3) is 0 Å². The summed E-state index contributed by atoms with van der Waals surface area (Å²) in [5.41, 5.74) is 0.397. The standard InChI is InChI=1S/C44H59N3O19S/c1-27(2)23-46(67(56,57)35-17-15-33(16-18-35)47(54)55)24-37(36(22-32-12-8-7-9-13-32)45-44(53)64-34-19-21-58-25-34)65-39(52)14-10-11-20-59-43-42(63-31(6)51)41(62-30(5)50)40(61-29(4)49)38(66-43)26-60-28(3)48/h7-9,12-13,15-18,27,34,36-38,40-43H,10-11,14,19-26H2,1-6H3,(H,45,53)/t34-,36-,37+,38?,40+,41-,42?,43?/m0/s1. The highest BCUT2D eigenvalue weighted by Crippen LogP contribution is 2.30. The second-order valence-corrected chi connectivity index (χ2v) is 18.2. The maximum absolute atomic E-state index is 14.3. The third-order valence-electron chi connectivity index (χ3n) is 10.1. The van der Waals surface area contributed by atoms with Gasteiger partial charge in [0.15, 0.2) is 24.6 Å². The number of nitrogens with one attached hydrogen (secondary N) is 1. The minimum absolute atomic E-state index is 0.0636. The van der Waals surface area contributed by atoms with Gasteiger partial charge in [-0.25, -0.2) is 13.2 Å². The van der Waals surface area contributed by atoms with Crippen molar-refractivity contribution in [2.45, 2.75) is 127 Å². The lowest BCUT2D eigenvalue weighted by Crippen LogP contribution is -2.63. The predicted molar refractivity (Wildman–Crippen MR) is 231 cm³/mol. The molecule has 8 atom stereocenters. The number of hydrogen-bond acceptors (Lipinski definition) is 19. The van der Waals surface area contributed by atoms with Crippen molar-refractivity contribution < 1.29 is 84.7 Å². The van der Waals surface area contributed by atoms with E-state index >= 15 is 0 Å². The normalized spacial score (nSPS) is 21.4. The molecule has 2 aliphatic rings. The van der Waals surface area contributed by atoms with Gasteiger partial charge in [0.25, 0.3) is 5.69 Å². The molecule has 2 aromatic carbocycles. The zero-order valence-corrected chi connectivity index (χ0v) is 39.0. The quantitative estimate of drug-likeness (QED) is 0.0518. The molecule has 4 rings (SSSR count). The molecule has 0 saturated carbocycles. The van der Waals surface area contributed by atoms with Crippen molar-refractivity contribution in [1.82, 2.24) is 9.62 Å². The number of rotatable bonds is 24. The largest absolute Gasteiger partial charge is 0.463 e. The summed E-state index contributed by atoms with van der Waals surface area (Å²) in [6.07, 6.45) is -9.09. The molecule has 0 aromatic heterocycles. The first kappa shape index (κ1) is 53.9. The van der Waals surface area contributed by atoms with Gasteiger partial charge in [-0.1, -0.05) is 44.2 Å². The van der Waals surface area contributed by atoms with Crippen molar-refractivity contribution in [3.8, 4) is 0 Å². The molecular formula is C44H59N3O19S. The van der Waals surface area contributed by atoms with Gasteiger partial charge in [-0.3, -0.25) is 34.1 Å². The van der Waals surface area contributed by atoms with Gasteiger partial charge in [0.2, 0.25) is 10.0 Å². The third kappa shape index (κ3) is 17.4. The molecule has 0 aliphatic carbocycles. The van der Waals surface area contributed by atoms with Crippen LogP contribution in [-0.4, -0.2) is 142 Å². The summed E-state index contributed by atoms with van der Waals surface area (Å²) < 4.78 is 79.9. The summed E-state index contributed by atoms with van der Waals surface area (Å²) in [6, 6.07) is 12.2. The summed E-state index contributed by atoms with van der Waals surface area (Å²) in [5.74, 6) is -4.14. The van der Waals surface area contributed by atoms with Gasteiger partial charge >= 0.3 is 35.9 Å². The van der Waals surface area contributed by atoms with Gasteiger partial charge in [0.1, 0.15) is 24.9 Å². The Hall–Kier alpha value is -5.75. The van der Waals surface area contributed by atoms with Crippen LogP contribution in [0.1, 0.15) is 72.8 Å². The Labute approximate surface area is 388 Å². The number of ether oxygens (including phenoxy) is 9. The Bertz CT molecular complexity index is 2100. The second-order valence-electron chi connectivity index (χ2n) is 16.2. The van der Waals surface area contributed by atoms with Crippen LogP contribution >= 0.6 is 0 Å². The van der Waals surface area contributed by atoms with Gasteiger partial charge in [0.05, 0.1) is 35.6 Å². The number of nitro benzene ring substituents is 1. The summed E-state index contributed by atoms with van der Waals surface area (Å²) in [6.45, 7) is 7.44. The number of nitro groups is 1. The first-order valence-corrected chi connectivity index (χ1v) is 23.1. The lowest BCUT2D eigenvalue weighted by molar-refractivity contribution is -0.384. The van der Waals surface area contributed by atoms with Crippen LogP contribution in [0.2, 0.25) is 0 Å². The number of nitrogens with zero attached hydrogens (tertiary/aromatic N) is 2. The van der Waals surface area contributed by atoms with Crippen LogP contribution in [0, 0.1) is 16.0 Å². The van der Waals surface area contributed by atoms with Crippen molar-refractivity contribution in [3.05, 3.63) is 70.3 Å². The van der Waals surface area contributed by atoms with Crippen molar-refractivity contribution in [3.63, 3.8) is 0 Å². The van der Waals surface area contributed by atoms with E-state index < -0.39 is 113 Å². The summed E-state index contributed by atoms with van der Waals surface area (Å²) in [4.78, 5) is 85.9. The Morgan fingerprint density at radius 1 is 0.836 bits per heavy atom. The van der Waals surface area contributed by atoms with Gasteiger partial charge in [-0.2, -0.15) is 4.31 Å². The van der Waals surface area contributed by atoms with E-state index in [0.29, 0.717) is 18.6 Å². The van der Waals surface area contributed by atoms with Gasteiger partial charge in [-0.05, 0) is 42.9 Å². The highest BCUT2D eigenvalue weighted by Gasteiger charge is 2.52. The van der Waals surface area contributed by atoms with E-state index in [1.807, 2.05) is 0 Å². The minimum Gasteiger partial charge on any atom is -0.463 e. The number of hydrogen-bond donors (Lipinski definition) is 1. The molecule has 0 bridgehead atoms. The topological polar surface area (TPSA) is 278 Å². The van der Waals surface area contributed by atoms with Crippen LogP contribution in [0.4, 0.5) is 10.5 Å². The molecule has 0 spiro atoms. The smallest absolute Gasteiger partial charge is 0.407 e. The maximum Gasteiger partial charge on any atom is 0.407 e. The van der Waals surface area contributed by atoms with Gasteiger partial charge < -0.3 is 47.9 Å². The van der Waals surface area contributed by atoms with E-state index in [4.69, 9.17) is 42.6 Å². The van der Waals surface area contributed by atoms with Crippen LogP contribution in [0.5, 0.6) is 0 Å². The molecule has 2 fully saturated rings. The van der Waals surface area contributed by atoms with Crippen LogP contribution < -0.4 is 5.32 Å². The van der Waals surface area contributed by atoms with Crippen molar-refractivity contribution in [1.29, 1.82) is 0 Å². The zero-order chi connectivity index (χ0) is 49.3. The Morgan fingerprint density at radius 2 is 1.48 bits per heavy atom. The Morgan fingerprint density at radius 3 is 2.06 bits per heavy atom. The Balaban J connectivity index is 1.57. The molecular weight excluding hydrogens is 907 g/mol. The number of alkyl carbamates (subject to hydrolysis) is 1. The van der Waals surface area contributed by atoms with Crippen LogP contribution in [-0.2, 0) is 83.0 Å². The molecule has 23 heteroatoms. The summed E-state index contributed by atoms with van der Waals surface area (Å²) in [7, 11) is -4.38. The molecule has 2 aliphatic heterocycles. The number of sulfonamides is 1. The molecule has 1 N–H and O–H groups in total. The van der Waals surface area contributed by atoms with Gasteiger partial charge in [-0.15, -0.1) is 0 Å². The van der Waals surface area contributed by atoms with Gasteiger partial charge in [0, 0.05) is 65.8 Å². The number of esters is 5. The number of carbonyl (C=O) groups is 6. The fourth-order valence-corrected chi connectivity index (χ4v) is 8.84. The summed E-state index contributed by atoms with van der Waals surface area (Å²) >= 11 is 0. The van der Waals surface area contributed by atoms with Crippen LogP contribution in [0.3, 0.4) is 0 Å². The number of amides is 1. The maximum atomic E-state index is 14.3. The van der Waals surface area contributed by atoms with Crippen molar-refractivity contribution in [2.75, 3.05) is 39.5 Å². The third-order valence-corrected chi connectivity index (χ3v) is 12.0. The average Bonchev–Trinajstić information content (AvgIpc) is 3.76. The molecule has 1 amide bonds. The predicted octanol–water partition coefficient (Wildman–Crippen LogP) is 3.55. The van der Waals surface area contributed by atoms with E-state index in [9.17, 15) is 47.3 Å². The monoisotopic (exact) mass is 965 g/mol. The van der Waals surface area contributed by atoms with Crippen molar-refractivity contribution >= 4 is 51.7 Å². The molecule has 3 unspecified atom stereocenters. The zero-order valence-electron chi connectivity index (χ0n) is 38.2. The molecule has 0 radical (unpaired) electrons. The molecule has 370 valence electrons. The fraction of sp³-hybridized carbons (Fsp3) is 0.591. The molecule has 2 heterocycles. The fourth-order valence-electron chi connectivity index (χ4n) is 7.22. The van der Waals surface area contributed by atoms with E-state index in [-0.39, 0.29) is 61.9 Å². The van der Waals surface area contributed by atoms with E-state index in [0.717, 1.165) is 56.3 Å². The minimum atomic E-state index is -4.38. The molecule has 2 saturated heterocycles. The lowest BCUT2D eigenvalue weighted by Gasteiger charge is -2.44. The second kappa shape index (κ2) is 26.0.